The summed E-state index contributed by atoms with van der Waals surface area (Å²) >= 11 is 0. The van der Waals surface area contributed by atoms with E-state index in [-0.39, 0.29) is 23.7 Å². The Labute approximate surface area is 209 Å². The zero-order valence-corrected chi connectivity index (χ0v) is 18.8. The second-order valence-electron chi connectivity index (χ2n) is 7.45. The van der Waals surface area contributed by atoms with E-state index in [1.165, 1.54) is 72.8 Å². The minimum absolute atomic E-state index is 0.191. The van der Waals surface area contributed by atoms with Crippen LogP contribution in [0.5, 0.6) is 17.2 Å². The third-order valence-corrected chi connectivity index (χ3v) is 5.00. The molecule has 0 fully saturated rings. The molecule has 0 aliphatic heterocycles. The number of hydrogen-bond donors (Lipinski definition) is 0. The Morgan fingerprint density at radius 1 is 0.447 bits per heavy atom. The summed E-state index contributed by atoms with van der Waals surface area (Å²) in [5, 5.41) is 0. The first-order valence-electron chi connectivity index (χ1n) is 10.5. The van der Waals surface area contributed by atoms with Crippen LogP contribution in [0, 0.1) is 0 Å². The highest BCUT2D eigenvalue weighted by Crippen LogP contribution is 2.33. The summed E-state index contributed by atoms with van der Waals surface area (Å²) in [5.74, 6) is -1.12. The second kappa shape index (κ2) is 12.7. The van der Waals surface area contributed by atoms with Gasteiger partial charge in [-0.05, 0) is 59.5 Å². The summed E-state index contributed by atoms with van der Waals surface area (Å²) in [6.45, 7) is 0. The van der Waals surface area contributed by atoms with Crippen LogP contribution in [0.15, 0.2) is 109 Å². The van der Waals surface area contributed by atoms with E-state index in [1.54, 1.807) is 0 Å². The van der Waals surface area contributed by atoms with Gasteiger partial charge in [0, 0.05) is 5.92 Å². The van der Waals surface area contributed by atoms with E-state index in [1.807, 2.05) is 0 Å². The van der Waals surface area contributed by atoms with Crippen molar-refractivity contribution in [3.63, 3.8) is 0 Å². The summed E-state index contributed by atoms with van der Waals surface area (Å²) in [6.07, 6.45) is -7.66. The number of hydrogen-bond acceptors (Lipinski definition) is 3. The molecule has 0 heterocycles. The molecule has 200 valence electrons. The van der Waals surface area contributed by atoms with Crippen molar-refractivity contribution in [3.8, 4) is 17.2 Å². The van der Waals surface area contributed by atoms with Crippen LogP contribution in [0.3, 0.4) is 0 Å². The lowest BCUT2D eigenvalue weighted by Crippen LogP contribution is -2.06. The summed E-state index contributed by atoms with van der Waals surface area (Å²) < 4.78 is 126. The maximum absolute atomic E-state index is 13.1. The van der Waals surface area contributed by atoms with Gasteiger partial charge in [0.2, 0.25) is 0 Å². The van der Waals surface area contributed by atoms with Gasteiger partial charge in [0.05, 0.1) is 0 Å². The molecule has 0 aliphatic rings. The lowest BCUT2D eigenvalue weighted by atomic mass is 9.86. The van der Waals surface area contributed by atoms with E-state index in [0.29, 0.717) is 16.7 Å². The lowest BCUT2D eigenvalue weighted by molar-refractivity contribution is 0.241. The molecule has 0 unspecified atom stereocenters. The summed E-state index contributed by atoms with van der Waals surface area (Å²) in [6, 6.07) is 10.1. The van der Waals surface area contributed by atoms with Crippen LogP contribution >= 0.6 is 0 Å². The number of benzene rings is 3. The first-order chi connectivity index (χ1) is 18.0. The highest BCUT2D eigenvalue weighted by atomic mass is 19.3. The number of halogens is 9. The zero-order valence-electron chi connectivity index (χ0n) is 18.8. The van der Waals surface area contributed by atoms with Crippen LogP contribution in [0.25, 0.3) is 0 Å². The van der Waals surface area contributed by atoms with Gasteiger partial charge in [-0.2, -0.15) is 39.5 Å². The standard InChI is InChI=1S/C26H15F9O3/c27-21(28)24(33)36-17-7-1-14(2-8-17)13-20(15-3-9-18(10-4-15)37-25(34)22(29)30)16-5-11-19(12-6-16)38-26(35)23(31)32/h1-12,20H,13H2. The van der Waals surface area contributed by atoms with Crippen molar-refractivity contribution < 1.29 is 53.7 Å². The second-order valence-corrected chi connectivity index (χ2v) is 7.45. The molecule has 0 aromatic heterocycles. The zero-order chi connectivity index (χ0) is 27.8. The minimum atomic E-state index is -2.63. The number of ether oxygens (including phenoxy) is 3. The molecular formula is C26H15F9O3. The average molecular weight is 546 g/mol. The molecule has 0 saturated heterocycles. The summed E-state index contributed by atoms with van der Waals surface area (Å²) in [5.41, 5.74) is 1.77. The molecule has 0 saturated carbocycles. The molecule has 12 heteroatoms. The molecule has 3 rings (SSSR count). The molecule has 3 nitrogen and oxygen atoms in total. The maximum atomic E-state index is 13.1. The predicted molar refractivity (Wildman–Crippen MR) is 118 cm³/mol. The monoisotopic (exact) mass is 546 g/mol. The minimum Gasteiger partial charge on any atom is -0.428 e. The molecular weight excluding hydrogens is 531 g/mol. The largest absolute Gasteiger partial charge is 0.428 e. The van der Waals surface area contributed by atoms with Gasteiger partial charge < -0.3 is 14.2 Å². The van der Waals surface area contributed by atoms with Gasteiger partial charge in [-0.25, -0.2) is 0 Å². The van der Waals surface area contributed by atoms with Crippen molar-refractivity contribution in [3.05, 3.63) is 126 Å². The van der Waals surface area contributed by atoms with Gasteiger partial charge in [-0.15, -0.1) is 0 Å². The van der Waals surface area contributed by atoms with Crippen LogP contribution in [-0.2, 0) is 6.42 Å². The smallest absolute Gasteiger partial charge is 0.344 e. The molecule has 3 aromatic rings. The van der Waals surface area contributed by atoms with E-state index in [0.717, 1.165) is 0 Å². The molecule has 3 aromatic carbocycles. The van der Waals surface area contributed by atoms with Gasteiger partial charge in [-0.3, -0.25) is 0 Å². The first-order valence-corrected chi connectivity index (χ1v) is 10.5. The fourth-order valence-corrected chi connectivity index (χ4v) is 3.32. The Balaban J connectivity index is 1.90. The predicted octanol–water partition coefficient (Wildman–Crippen LogP) is 9.30. The molecule has 0 atom stereocenters. The molecule has 0 spiro atoms. The van der Waals surface area contributed by atoms with Crippen LogP contribution in [0.2, 0.25) is 0 Å². The third-order valence-electron chi connectivity index (χ3n) is 5.00. The SMILES string of the molecule is FC(F)=C(F)Oc1ccc(CC(c2ccc(OC(F)=C(F)F)cc2)c2ccc(OC(F)=C(F)F)cc2)cc1. The van der Waals surface area contributed by atoms with Gasteiger partial charge in [0.25, 0.3) is 0 Å². The third kappa shape index (κ3) is 7.82. The van der Waals surface area contributed by atoms with Crippen molar-refractivity contribution in [1.82, 2.24) is 0 Å². The topological polar surface area (TPSA) is 27.7 Å². The van der Waals surface area contributed by atoms with E-state index in [2.05, 4.69) is 14.2 Å². The maximum Gasteiger partial charge on any atom is 0.344 e. The Morgan fingerprint density at radius 3 is 1.03 bits per heavy atom. The van der Waals surface area contributed by atoms with Crippen LogP contribution in [0.1, 0.15) is 22.6 Å². The Kier molecular flexibility index (Phi) is 9.47. The van der Waals surface area contributed by atoms with Crippen LogP contribution in [-0.4, -0.2) is 0 Å². The summed E-state index contributed by atoms with van der Waals surface area (Å²) in [4.78, 5) is 0. The van der Waals surface area contributed by atoms with Gasteiger partial charge in [-0.1, -0.05) is 36.4 Å². The van der Waals surface area contributed by atoms with Crippen molar-refractivity contribution >= 4 is 0 Å². The van der Waals surface area contributed by atoms with Crippen LogP contribution in [0.4, 0.5) is 39.5 Å². The van der Waals surface area contributed by atoms with Crippen LogP contribution < -0.4 is 14.2 Å². The highest BCUT2D eigenvalue weighted by molar-refractivity contribution is 5.41. The Bertz CT molecular complexity index is 1250. The first kappa shape index (κ1) is 28.2. The van der Waals surface area contributed by atoms with E-state index < -0.39 is 42.2 Å². The molecule has 0 bridgehead atoms. The van der Waals surface area contributed by atoms with Crippen molar-refractivity contribution in [1.29, 1.82) is 0 Å². The molecule has 38 heavy (non-hydrogen) atoms. The summed E-state index contributed by atoms with van der Waals surface area (Å²) in [7, 11) is 0. The van der Waals surface area contributed by atoms with Crippen molar-refractivity contribution in [2.45, 2.75) is 12.3 Å². The Morgan fingerprint density at radius 2 is 0.737 bits per heavy atom. The fraction of sp³-hybridized carbons (Fsp3) is 0.0769. The average Bonchev–Trinajstić information content (AvgIpc) is 2.89. The quantitative estimate of drug-likeness (QED) is 0.187. The fourth-order valence-electron chi connectivity index (χ4n) is 3.32. The van der Waals surface area contributed by atoms with E-state index in [4.69, 9.17) is 0 Å². The van der Waals surface area contributed by atoms with Gasteiger partial charge >= 0.3 is 36.3 Å². The lowest BCUT2D eigenvalue weighted by Gasteiger charge is -2.19. The van der Waals surface area contributed by atoms with E-state index in [9.17, 15) is 39.5 Å². The number of rotatable bonds is 10. The molecule has 0 amide bonds. The molecule has 0 N–H and O–H groups in total. The molecule has 0 aliphatic carbocycles. The van der Waals surface area contributed by atoms with E-state index >= 15 is 0 Å². The van der Waals surface area contributed by atoms with Crippen molar-refractivity contribution in [2.75, 3.05) is 0 Å². The van der Waals surface area contributed by atoms with Gasteiger partial charge in [0.15, 0.2) is 0 Å². The van der Waals surface area contributed by atoms with Gasteiger partial charge in [0.1, 0.15) is 17.2 Å². The molecule has 0 radical (unpaired) electrons. The Hall–Kier alpha value is -4.35. The highest BCUT2D eigenvalue weighted by Gasteiger charge is 2.18. The normalized spacial score (nSPS) is 10.6. The van der Waals surface area contributed by atoms with Crippen molar-refractivity contribution in [2.24, 2.45) is 0 Å².